The Labute approximate surface area is 135 Å². The molecule has 0 aliphatic rings. The molecule has 0 fully saturated rings. The van der Waals surface area contributed by atoms with Crippen LogP contribution in [0.5, 0.6) is 0 Å². The summed E-state index contributed by atoms with van der Waals surface area (Å²) in [6, 6.07) is 27.1. The Morgan fingerprint density at radius 2 is 1.48 bits per heavy atom. The van der Waals surface area contributed by atoms with Crippen molar-refractivity contribution in [1.29, 1.82) is 0 Å². The van der Waals surface area contributed by atoms with Crippen molar-refractivity contribution in [3.63, 3.8) is 0 Å². The molecule has 110 valence electrons. The predicted molar refractivity (Wildman–Crippen MR) is 96.8 cm³/mol. The van der Waals surface area contributed by atoms with Crippen LogP contribution in [0.3, 0.4) is 0 Å². The van der Waals surface area contributed by atoms with E-state index in [4.69, 9.17) is 0 Å². The zero-order chi connectivity index (χ0) is 15.5. The topological polar surface area (TPSA) is 17.8 Å². The van der Waals surface area contributed by atoms with Gasteiger partial charge in [0.15, 0.2) is 0 Å². The summed E-state index contributed by atoms with van der Waals surface area (Å²) in [5.74, 6) is 0. The molecule has 1 heterocycles. The van der Waals surface area contributed by atoms with Crippen molar-refractivity contribution >= 4 is 23.2 Å². The van der Waals surface area contributed by atoms with Crippen LogP contribution in [-0.4, -0.2) is 9.78 Å². The second kappa shape index (κ2) is 5.93. The molecule has 1 aromatic heterocycles. The first-order valence-corrected chi connectivity index (χ1v) is 7.66. The quantitative estimate of drug-likeness (QED) is 0.499. The Morgan fingerprint density at radius 1 is 0.739 bits per heavy atom. The Morgan fingerprint density at radius 3 is 2.26 bits per heavy atom. The number of hydrogen-bond acceptors (Lipinski definition) is 1. The first-order valence-electron chi connectivity index (χ1n) is 7.66. The van der Waals surface area contributed by atoms with Crippen molar-refractivity contribution in [2.75, 3.05) is 0 Å². The third-order valence-corrected chi connectivity index (χ3v) is 3.91. The SMILES string of the molecule is C(=Cn1ncc2ccc(-c3ccccc3)cc21)c1ccccc1. The Hall–Kier alpha value is -3.13. The number of benzene rings is 3. The van der Waals surface area contributed by atoms with Crippen molar-refractivity contribution in [2.24, 2.45) is 0 Å². The minimum absolute atomic E-state index is 1.11. The Bertz CT molecular complexity index is 951. The average molecular weight is 296 g/mol. The van der Waals surface area contributed by atoms with Gasteiger partial charge in [-0.3, -0.25) is 0 Å². The summed E-state index contributed by atoms with van der Waals surface area (Å²) in [5, 5.41) is 5.62. The van der Waals surface area contributed by atoms with E-state index in [1.54, 1.807) is 0 Å². The highest BCUT2D eigenvalue weighted by Gasteiger charge is 2.03. The van der Waals surface area contributed by atoms with Gasteiger partial charge in [-0.15, -0.1) is 0 Å². The lowest BCUT2D eigenvalue weighted by atomic mass is 10.0. The summed E-state index contributed by atoms with van der Waals surface area (Å²) in [6.07, 6.45) is 5.98. The molecule has 4 rings (SSSR count). The summed E-state index contributed by atoms with van der Waals surface area (Å²) in [5.41, 5.74) is 4.69. The smallest absolute Gasteiger partial charge is 0.0740 e. The number of hydrogen-bond donors (Lipinski definition) is 0. The molecule has 23 heavy (non-hydrogen) atoms. The molecule has 0 saturated carbocycles. The largest absolute Gasteiger partial charge is 0.240 e. The van der Waals surface area contributed by atoms with Gasteiger partial charge in [0.1, 0.15) is 0 Å². The van der Waals surface area contributed by atoms with E-state index < -0.39 is 0 Å². The fourth-order valence-corrected chi connectivity index (χ4v) is 2.69. The third kappa shape index (κ3) is 2.79. The fraction of sp³-hybridized carbons (Fsp3) is 0. The maximum Gasteiger partial charge on any atom is 0.0740 e. The molecule has 0 bridgehead atoms. The highest BCUT2D eigenvalue weighted by Crippen LogP contribution is 2.24. The normalized spacial score (nSPS) is 11.3. The van der Waals surface area contributed by atoms with Crippen molar-refractivity contribution in [3.05, 3.63) is 90.6 Å². The molecule has 0 saturated heterocycles. The lowest BCUT2D eigenvalue weighted by Gasteiger charge is -2.03. The van der Waals surface area contributed by atoms with Crippen LogP contribution in [0.2, 0.25) is 0 Å². The molecule has 2 nitrogen and oxygen atoms in total. The van der Waals surface area contributed by atoms with Gasteiger partial charge in [-0.1, -0.05) is 72.8 Å². The molecule has 0 N–H and O–H groups in total. The number of nitrogens with zero attached hydrogens (tertiary/aromatic N) is 2. The molecule has 0 spiro atoms. The van der Waals surface area contributed by atoms with Gasteiger partial charge < -0.3 is 0 Å². The highest BCUT2D eigenvalue weighted by atomic mass is 15.3. The molecular weight excluding hydrogens is 280 g/mol. The number of aromatic nitrogens is 2. The highest BCUT2D eigenvalue weighted by molar-refractivity contribution is 5.86. The molecule has 0 aliphatic heterocycles. The van der Waals surface area contributed by atoms with Crippen molar-refractivity contribution in [3.8, 4) is 11.1 Å². The fourth-order valence-electron chi connectivity index (χ4n) is 2.69. The lowest BCUT2D eigenvalue weighted by Crippen LogP contribution is -1.88. The van der Waals surface area contributed by atoms with Crippen molar-refractivity contribution < 1.29 is 0 Å². The standard InChI is InChI=1S/C21H16N2/c1-3-7-17(8-4-1)13-14-23-21-15-19(11-12-20(21)16-22-23)18-9-5-2-6-10-18/h1-16H. The summed E-state index contributed by atoms with van der Waals surface area (Å²) in [4.78, 5) is 0. The molecule has 0 radical (unpaired) electrons. The maximum atomic E-state index is 4.48. The van der Waals surface area contributed by atoms with Gasteiger partial charge in [-0.25, -0.2) is 4.68 Å². The third-order valence-electron chi connectivity index (χ3n) is 3.91. The Kier molecular flexibility index (Phi) is 3.49. The average Bonchev–Trinajstić information content (AvgIpc) is 3.04. The summed E-state index contributed by atoms with van der Waals surface area (Å²) >= 11 is 0. The predicted octanol–water partition coefficient (Wildman–Crippen LogP) is 5.33. The van der Waals surface area contributed by atoms with Crippen molar-refractivity contribution in [1.82, 2.24) is 9.78 Å². The Balaban J connectivity index is 1.75. The van der Waals surface area contributed by atoms with Crippen LogP contribution in [0, 0.1) is 0 Å². The van der Waals surface area contributed by atoms with Gasteiger partial charge >= 0.3 is 0 Å². The number of fused-ring (bicyclic) bond motifs is 1. The van der Waals surface area contributed by atoms with E-state index in [0.29, 0.717) is 0 Å². The van der Waals surface area contributed by atoms with E-state index in [1.165, 1.54) is 11.1 Å². The lowest BCUT2D eigenvalue weighted by molar-refractivity contribution is 0.969. The van der Waals surface area contributed by atoms with E-state index in [1.807, 2.05) is 41.3 Å². The summed E-state index contributed by atoms with van der Waals surface area (Å²) in [7, 11) is 0. The molecule has 0 unspecified atom stereocenters. The van der Waals surface area contributed by atoms with Crippen LogP contribution in [0.15, 0.2) is 85.1 Å². The van der Waals surface area contributed by atoms with E-state index >= 15 is 0 Å². The number of rotatable bonds is 3. The van der Waals surface area contributed by atoms with E-state index in [9.17, 15) is 0 Å². The molecule has 2 heteroatoms. The van der Waals surface area contributed by atoms with Gasteiger partial charge in [0.05, 0.1) is 11.7 Å². The van der Waals surface area contributed by atoms with Gasteiger partial charge in [0.2, 0.25) is 0 Å². The van der Waals surface area contributed by atoms with Crippen LogP contribution in [0.4, 0.5) is 0 Å². The van der Waals surface area contributed by atoms with E-state index in [0.717, 1.165) is 16.5 Å². The monoisotopic (exact) mass is 296 g/mol. The van der Waals surface area contributed by atoms with Crippen LogP contribution < -0.4 is 0 Å². The minimum atomic E-state index is 1.11. The van der Waals surface area contributed by atoms with Crippen molar-refractivity contribution in [2.45, 2.75) is 0 Å². The molecule has 0 atom stereocenters. The second-order valence-corrected chi connectivity index (χ2v) is 5.46. The van der Waals surface area contributed by atoms with E-state index in [2.05, 4.69) is 65.8 Å². The zero-order valence-corrected chi connectivity index (χ0v) is 12.6. The van der Waals surface area contributed by atoms with Gasteiger partial charge in [0.25, 0.3) is 0 Å². The van der Waals surface area contributed by atoms with Crippen LogP contribution in [-0.2, 0) is 0 Å². The summed E-state index contributed by atoms with van der Waals surface area (Å²) < 4.78 is 1.93. The van der Waals surface area contributed by atoms with Crippen LogP contribution in [0.25, 0.3) is 34.3 Å². The van der Waals surface area contributed by atoms with Gasteiger partial charge in [0, 0.05) is 11.6 Å². The first kappa shape index (κ1) is 13.5. The van der Waals surface area contributed by atoms with Gasteiger partial charge in [-0.05, 0) is 28.8 Å². The molecule has 3 aromatic carbocycles. The zero-order valence-electron chi connectivity index (χ0n) is 12.6. The minimum Gasteiger partial charge on any atom is -0.240 e. The molecule has 0 amide bonds. The van der Waals surface area contributed by atoms with Gasteiger partial charge in [-0.2, -0.15) is 5.10 Å². The molecule has 4 aromatic rings. The van der Waals surface area contributed by atoms with E-state index in [-0.39, 0.29) is 0 Å². The summed E-state index contributed by atoms with van der Waals surface area (Å²) in [6.45, 7) is 0. The maximum absolute atomic E-state index is 4.48. The first-order chi connectivity index (χ1) is 11.4. The molecular formula is C21H16N2. The second-order valence-electron chi connectivity index (χ2n) is 5.46. The molecule has 0 aliphatic carbocycles. The van der Waals surface area contributed by atoms with Crippen LogP contribution >= 0.6 is 0 Å². The van der Waals surface area contributed by atoms with Crippen LogP contribution in [0.1, 0.15) is 5.56 Å².